The molecule has 0 bridgehead atoms. The normalized spacial score (nSPS) is 12.6. The van der Waals surface area contributed by atoms with Gasteiger partial charge in [0.2, 0.25) is 11.8 Å². The lowest BCUT2D eigenvalue weighted by Crippen LogP contribution is -2.55. The molecule has 38 heavy (non-hydrogen) atoms. The van der Waals surface area contributed by atoms with Crippen molar-refractivity contribution in [1.29, 1.82) is 0 Å². The van der Waals surface area contributed by atoms with Crippen LogP contribution in [0.3, 0.4) is 0 Å². The number of carboxylic acid groups (broad SMARTS) is 1. The summed E-state index contributed by atoms with van der Waals surface area (Å²) in [6, 6.07) is 15.3. The highest BCUT2D eigenvalue weighted by molar-refractivity contribution is 7.98. The number of nitrogens with one attached hydrogen (secondary N) is 3. The molecule has 0 saturated carbocycles. The highest BCUT2D eigenvalue weighted by Crippen LogP contribution is 2.15. The monoisotopic (exact) mass is 543 g/mol. The lowest BCUT2D eigenvalue weighted by Gasteiger charge is -2.25. The largest absolute Gasteiger partial charge is 0.481 e. The van der Waals surface area contributed by atoms with Gasteiger partial charge in [0, 0.05) is 24.5 Å². The van der Waals surface area contributed by atoms with Crippen LogP contribution in [0.1, 0.15) is 43.9 Å². The van der Waals surface area contributed by atoms with E-state index in [1.165, 1.54) is 11.8 Å². The third-order valence-corrected chi connectivity index (χ3v) is 6.34. The fourth-order valence-corrected chi connectivity index (χ4v) is 4.38. The second-order valence-corrected chi connectivity index (χ2v) is 10.9. The van der Waals surface area contributed by atoms with Crippen molar-refractivity contribution in [2.75, 3.05) is 12.3 Å². The minimum absolute atomic E-state index is 0.0681. The molecule has 2 aromatic rings. The number of amides is 3. The second-order valence-electron chi connectivity index (χ2n) is 9.89. The molecule has 0 unspecified atom stereocenters. The zero-order valence-corrected chi connectivity index (χ0v) is 23.1. The van der Waals surface area contributed by atoms with Crippen LogP contribution in [0.4, 0.5) is 4.79 Å². The van der Waals surface area contributed by atoms with Crippen molar-refractivity contribution in [2.45, 2.75) is 64.0 Å². The fourth-order valence-electron chi connectivity index (χ4n) is 3.36. The van der Waals surface area contributed by atoms with Gasteiger partial charge in [0.15, 0.2) is 0 Å². The van der Waals surface area contributed by atoms with Crippen LogP contribution < -0.4 is 16.0 Å². The predicted molar refractivity (Wildman–Crippen MR) is 148 cm³/mol. The zero-order valence-electron chi connectivity index (χ0n) is 22.3. The first kappa shape index (κ1) is 30.7. The Balaban J connectivity index is 2.14. The van der Waals surface area contributed by atoms with E-state index in [9.17, 15) is 19.2 Å². The lowest BCUT2D eigenvalue weighted by molar-refractivity contribution is -0.137. The van der Waals surface area contributed by atoms with Gasteiger partial charge in [-0.1, -0.05) is 60.2 Å². The molecule has 0 aliphatic heterocycles. The summed E-state index contributed by atoms with van der Waals surface area (Å²) in [6.45, 7) is 7.12. The number of benzene rings is 2. The first-order valence-electron chi connectivity index (χ1n) is 12.4. The van der Waals surface area contributed by atoms with Crippen LogP contribution in [0, 0.1) is 6.92 Å². The summed E-state index contributed by atoms with van der Waals surface area (Å²) < 4.78 is 5.35. The van der Waals surface area contributed by atoms with E-state index in [1.54, 1.807) is 20.8 Å². The molecule has 2 aromatic carbocycles. The molecule has 4 N–H and O–H groups in total. The Morgan fingerprint density at radius 1 is 0.895 bits per heavy atom. The van der Waals surface area contributed by atoms with Gasteiger partial charge in [-0.2, -0.15) is 11.8 Å². The molecule has 0 heterocycles. The van der Waals surface area contributed by atoms with Crippen molar-refractivity contribution < 1.29 is 29.0 Å². The molecule has 3 amide bonds. The number of rotatable bonds is 13. The molecule has 0 spiro atoms. The third-order valence-electron chi connectivity index (χ3n) is 5.24. The Bertz CT molecular complexity index is 1070. The molecule has 0 saturated heterocycles. The van der Waals surface area contributed by atoms with E-state index in [1.807, 2.05) is 61.5 Å². The van der Waals surface area contributed by atoms with Gasteiger partial charge in [-0.05, 0) is 38.8 Å². The maximum absolute atomic E-state index is 13.3. The molecule has 206 valence electrons. The van der Waals surface area contributed by atoms with Gasteiger partial charge in [-0.3, -0.25) is 14.4 Å². The van der Waals surface area contributed by atoms with Crippen molar-refractivity contribution in [1.82, 2.24) is 16.0 Å². The van der Waals surface area contributed by atoms with E-state index in [0.717, 1.165) is 16.7 Å². The van der Waals surface area contributed by atoms with Crippen molar-refractivity contribution in [2.24, 2.45) is 0 Å². The molecule has 0 aromatic heterocycles. The van der Waals surface area contributed by atoms with E-state index >= 15 is 0 Å². The SMILES string of the molecule is Cc1ccc(CSC[C@H](NC(=O)OC(C)(C)C)C(=O)N[C@@H](Cc2ccccc2)C(=O)NCCC(=O)O)cc1. The number of aliphatic carboxylic acids is 1. The standard InChI is InChI=1S/C28H37N3O6S/c1-19-10-12-21(13-11-19)17-38-18-23(31-27(36)37-28(2,3)4)26(35)30-22(16-20-8-6-5-7-9-20)25(34)29-15-14-24(32)33/h5-13,22-23H,14-18H2,1-4H3,(H,29,34)(H,30,35)(H,31,36)(H,32,33)/t22-,23-/m0/s1. The highest BCUT2D eigenvalue weighted by atomic mass is 32.2. The minimum atomic E-state index is -1.04. The fraction of sp³-hybridized carbons (Fsp3) is 0.429. The second kappa shape index (κ2) is 15.0. The van der Waals surface area contributed by atoms with Gasteiger partial charge in [0.25, 0.3) is 0 Å². The molecule has 9 nitrogen and oxygen atoms in total. The van der Waals surface area contributed by atoms with Crippen LogP contribution in [-0.2, 0) is 31.3 Å². The highest BCUT2D eigenvalue weighted by Gasteiger charge is 2.28. The third kappa shape index (κ3) is 12.1. The van der Waals surface area contributed by atoms with Crippen LogP contribution in [0.25, 0.3) is 0 Å². The number of carbonyl (C=O) groups excluding carboxylic acids is 3. The lowest BCUT2D eigenvalue weighted by atomic mass is 10.0. The quantitative estimate of drug-likeness (QED) is 0.304. The van der Waals surface area contributed by atoms with E-state index < -0.39 is 41.6 Å². The van der Waals surface area contributed by atoms with Crippen LogP contribution in [0.2, 0.25) is 0 Å². The first-order chi connectivity index (χ1) is 17.9. The van der Waals surface area contributed by atoms with Crippen LogP contribution in [0.15, 0.2) is 54.6 Å². The smallest absolute Gasteiger partial charge is 0.408 e. The Kier molecular flexibility index (Phi) is 12.1. The Labute approximate surface area is 228 Å². The van der Waals surface area contributed by atoms with Crippen molar-refractivity contribution in [3.8, 4) is 0 Å². The number of thioether (sulfide) groups is 1. The summed E-state index contributed by atoms with van der Waals surface area (Å²) in [6.07, 6.45) is -0.781. The van der Waals surface area contributed by atoms with Gasteiger partial charge in [0.1, 0.15) is 17.7 Å². The topological polar surface area (TPSA) is 134 Å². The van der Waals surface area contributed by atoms with Crippen LogP contribution in [0.5, 0.6) is 0 Å². The molecule has 0 radical (unpaired) electrons. The number of carbonyl (C=O) groups is 4. The number of carboxylic acids is 1. The number of hydrogen-bond acceptors (Lipinski definition) is 6. The number of hydrogen-bond donors (Lipinski definition) is 4. The summed E-state index contributed by atoms with van der Waals surface area (Å²) in [4.78, 5) is 49.6. The Morgan fingerprint density at radius 2 is 1.55 bits per heavy atom. The van der Waals surface area contributed by atoms with E-state index in [2.05, 4.69) is 16.0 Å². The van der Waals surface area contributed by atoms with E-state index in [0.29, 0.717) is 5.75 Å². The molecule has 2 atom stereocenters. The summed E-state index contributed by atoms with van der Waals surface area (Å²) in [5.41, 5.74) is 2.29. The van der Waals surface area contributed by atoms with Gasteiger partial charge in [-0.25, -0.2) is 4.79 Å². The molecule has 0 aliphatic carbocycles. The molecule has 2 rings (SSSR count). The van der Waals surface area contributed by atoms with Crippen molar-refractivity contribution >= 4 is 35.6 Å². The van der Waals surface area contributed by atoms with Crippen LogP contribution in [-0.4, -0.2) is 59.0 Å². The Morgan fingerprint density at radius 3 is 2.16 bits per heavy atom. The summed E-state index contributed by atoms with van der Waals surface area (Å²) >= 11 is 1.47. The maximum atomic E-state index is 13.3. The number of ether oxygens (including phenoxy) is 1. The average Bonchev–Trinajstić information content (AvgIpc) is 2.83. The Hall–Kier alpha value is -3.53. The molecule has 10 heteroatoms. The van der Waals surface area contributed by atoms with Crippen molar-refractivity contribution in [3.63, 3.8) is 0 Å². The van der Waals surface area contributed by atoms with E-state index in [4.69, 9.17) is 9.84 Å². The first-order valence-corrected chi connectivity index (χ1v) is 13.5. The number of aryl methyl sites for hydroxylation is 1. The van der Waals surface area contributed by atoms with Crippen LogP contribution >= 0.6 is 11.8 Å². The summed E-state index contributed by atoms with van der Waals surface area (Å²) in [7, 11) is 0. The zero-order chi connectivity index (χ0) is 28.1. The van der Waals surface area contributed by atoms with E-state index in [-0.39, 0.29) is 25.1 Å². The minimum Gasteiger partial charge on any atom is -0.481 e. The van der Waals surface area contributed by atoms with Gasteiger partial charge in [0.05, 0.1) is 6.42 Å². The molecule has 0 aliphatic rings. The van der Waals surface area contributed by atoms with Gasteiger partial charge >= 0.3 is 12.1 Å². The average molecular weight is 544 g/mol. The predicted octanol–water partition coefficient (Wildman–Crippen LogP) is 3.44. The van der Waals surface area contributed by atoms with Gasteiger partial charge in [-0.15, -0.1) is 0 Å². The maximum Gasteiger partial charge on any atom is 0.408 e. The molecular formula is C28H37N3O6S. The summed E-state index contributed by atoms with van der Waals surface area (Å²) in [5.74, 6) is -1.21. The molecular weight excluding hydrogens is 506 g/mol. The summed E-state index contributed by atoms with van der Waals surface area (Å²) in [5, 5.41) is 16.8. The molecule has 0 fully saturated rings. The van der Waals surface area contributed by atoms with Gasteiger partial charge < -0.3 is 25.8 Å². The van der Waals surface area contributed by atoms with Crippen molar-refractivity contribution in [3.05, 3.63) is 71.3 Å². The number of alkyl carbamates (subject to hydrolysis) is 1.